The maximum Gasteiger partial charge on any atom is 0.306 e. The summed E-state index contributed by atoms with van der Waals surface area (Å²) in [5.74, 6) is -0.999. The van der Waals surface area contributed by atoms with Crippen molar-refractivity contribution in [1.82, 2.24) is 0 Å². The molecule has 0 radical (unpaired) electrons. The van der Waals surface area contributed by atoms with Gasteiger partial charge >= 0.3 is 17.9 Å². The molecule has 70 heavy (non-hydrogen) atoms. The second kappa shape index (κ2) is 42.8. The Morgan fingerprint density at radius 2 is 0.743 bits per heavy atom. The summed E-state index contributed by atoms with van der Waals surface area (Å²) in [5, 5.41) is 3.96. The van der Waals surface area contributed by atoms with Crippen molar-refractivity contribution >= 4 is 41.1 Å². The van der Waals surface area contributed by atoms with E-state index in [2.05, 4.69) is 141 Å². The van der Waals surface area contributed by atoms with E-state index in [1.165, 1.54) is 93.0 Å². The van der Waals surface area contributed by atoms with E-state index < -0.39 is 13.4 Å². The van der Waals surface area contributed by atoms with Crippen LogP contribution in [0.25, 0.3) is 0 Å². The topological polar surface area (TPSA) is 78.9 Å². The molecule has 0 amide bonds. The molecule has 0 aliphatic carbocycles. The van der Waals surface area contributed by atoms with E-state index in [-0.39, 0.29) is 60.9 Å². The minimum absolute atomic E-state index is 0. The summed E-state index contributed by atoms with van der Waals surface area (Å²) in [6.07, 6.45) is 43.9. The van der Waals surface area contributed by atoms with E-state index in [9.17, 15) is 14.4 Å². The van der Waals surface area contributed by atoms with E-state index in [1.807, 2.05) is 0 Å². The van der Waals surface area contributed by atoms with Crippen LogP contribution in [0.15, 0.2) is 127 Å². The molecule has 0 aliphatic rings. The zero-order valence-corrected chi connectivity index (χ0v) is 46.1. The third-order valence-electron chi connectivity index (χ3n) is 12.8. The second-order valence-corrected chi connectivity index (χ2v) is 22.4. The van der Waals surface area contributed by atoms with Crippen LogP contribution in [-0.4, -0.2) is 43.4 Å². The maximum absolute atomic E-state index is 13.2. The van der Waals surface area contributed by atoms with E-state index in [1.54, 1.807) is 0 Å². The third kappa shape index (κ3) is 28.9. The fourth-order valence-electron chi connectivity index (χ4n) is 8.80. The zero-order valence-electron chi connectivity index (χ0n) is 43.6. The number of halogens is 1. The van der Waals surface area contributed by atoms with Crippen LogP contribution in [0, 0.1) is 0 Å². The summed E-state index contributed by atoms with van der Waals surface area (Å²) in [7, 11) is -2.00. The molecule has 3 rings (SSSR count). The van der Waals surface area contributed by atoms with E-state index in [0.29, 0.717) is 12.8 Å². The van der Waals surface area contributed by atoms with Crippen LogP contribution in [0.3, 0.4) is 0 Å². The lowest BCUT2D eigenvalue weighted by atomic mass is 10.1. The number of unbranched alkanes of at least 4 members (excludes halogenated alkanes) is 20. The van der Waals surface area contributed by atoms with E-state index in [0.717, 1.165) is 89.6 Å². The Morgan fingerprint density at radius 1 is 0.414 bits per heavy atom. The highest BCUT2D eigenvalue weighted by Crippen LogP contribution is 2.56. The van der Waals surface area contributed by atoms with Gasteiger partial charge in [0.15, 0.2) is 6.10 Å². The first-order chi connectivity index (χ1) is 34.0. The van der Waals surface area contributed by atoms with Crippen LogP contribution in [0.2, 0.25) is 0 Å². The lowest BCUT2D eigenvalue weighted by Crippen LogP contribution is -3.00. The molecule has 0 fully saturated rings. The van der Waals surface area contributed by atoms with Gasteiger partial charge in [0.1, 0.15) is 36.4 Å². The van der Waals surface area contributed by atoms with Crippen molar-refractivity contribution in [3.8, 4) is 0 Å². The van der Waals surface area contributed by atoms with Gasteiger partial charge in [-0.2, -0.15) is 0 Å². The van der Waals surface area contributed by atoms with Crippen molar-refractivity contribution in [2.45, 2.75) is 206 Å². The molecule has 0 saturated carbocycles. The van der Waals surface area contributed by atoms with Gasteiger partial charge < -0.3 is 31.2 Å². The predicted molar refractivity (Wildman–Crippen MR) is 294 cm³/mol. The molecule has 1 unspecified atom stereocenters. The Hall–Kier alpha value is -3.80. The molecule has 0 aromatic heterocycles. The van der Waals surface area contributed by atoms with Gasteiger partial charge in [0.2, 0.25) is 0 Å². The van der Waals surface area contributed by atoms with Crippen LogP contribution < -0.4 is 32.9 Å². The molecule has 388 valence electrons. The molecule has 0 N–H and O–H groups in total. The lowest BCUT2D eigenvalue weighted by molar-refractivity contribution is -0.167. The molecule has 0 spiro atoms. The molecule has 8 heteroatoms. The molecule has 0 saturated heterocycles. The van der Waals surface area contributed by atoms with E-state index >= 15 is 0 Å². The first-order valence-electron chi connectivity index (χ1n) is 27.5. The molecule has 0 bridgehead atoms. The number of ether oxygens (including phenoxy) is 3. The Kier molecular flexibility index (Phi) is 38.1. The minimum atomic E-state index is -2.00. The highest BCUT2D eigenvalue weighted by Gasteiger charge is 2.44. The highest BCUT2D eigenvalue weighted by molar-refractivity contribution is 7.95. The molecular weight excluding hydrogens is 952 g/mol. The lowest BCUT2D eigenvalue weighted by Gasteiger charge is -2.27. The highest BCUT2D eigenvalue weighted by atomic mass is 79.9. The molecule has 3 aromatic carbocycles. The van der Waals surface area contributed by atoms with Crippen LogP contribution in [0.1, 0.15) is 200 Å². The van der Waals surface area contributed by atoms with Gasteiger partial charge in [-0.3, -0.25) is 14.4 Å². The number of hydrogen-bond acceptors (Lipinski definition) is 6. The quantitative estimate of drug-likeness (QED) is 0.0185. The van der Waals surface area contributed by atoms with Crippen LogP contribution >= 0.6 is 7.26 Å². The first kappa shape index (κ1) is 62.3. The molecule has 0 heterocycles. The molecule has 6 nitrogen and oxygen atoms in total. The van der Waals surface area contributed by atoms with E-state index in [4.69, 9.17) is 14.2 Å². The van der Waals surface area contributed by atoms with Crippen molar-refractivity contribution in [1.29, 1.82) is 0 Å². The number of allylic oxidation sites excluding steroid dienone is 6. The molecule has 1 atom stereocenters. The summed E-state index contributed by atoms with van der Waals surface area (Å²) < 4.78 is 17.2. The molecular formula is C62H92BrO6P. The SMILES string of the molecule is CCCCC/C=C\C/C=C\CCCCCCCC(=O)OC(COC(=O)CCCCCCC/C=C\CCCCCCCC)COC(=O)CCCC[P+](c1ccccc1)(c1ccccc1)c1ccccc1.[Br-]. The average Bonchev–Trinajstić information content (AvgIpc) is 3.38. The third-order valence-corrected chi connectivity index (χ3v) is 17.4. The maximum atomic E-state index is 13.2. The fourth-order valence-corrected chi connectivity index (χ4v) is 13.2. The summed E-state index contributed by atoms with van der Waals surface area (Å²) >= 11 is 0. The van der Waals surface area contributed by atoms with Crippen LogP contribution in [0.4, 0.5) is 0 Å². The Labute approximate surface area is 437 Å². The van der Waals surface area contributed by atoms with Gasteiger partial charge in [0, 0.05) is 19.3 Å². The summed E-state index contributed by atoms with van der Waals surface area (Å²) in [6.45, 7) is 4.24. The first-order valence-corrected chi connectivity index (χ1v) is 29.5. The summed E-state index contributed by atoms with van der Waals surface area (Å²) in [5.41, 5.74) is 0. The Bertz CT molecular complexity index is 1720. The summed E-state index contributed by atoms with van der Waals surface area (Å²) in [4.78, 5) is 39.1. The second-order valence-electron chi connectivity index (χ2n) is 18.8. The largest absolute Gasteiger partial charge is 1.00 e. The van der Waals surface area contributed by atoms with Gasteiger partial charge in [0.05, 0.1) is 6.16 Å². The Balaban J connectivity index is 0.0000168. The number of carbonyl (C=O) groups is 3. The molecule has 3 aromatic rings. The predicted octanol–water partition coefficient (Wildman–Crippen LogP) is 13.0. The van der Waals surface area contributed by atoms with Crippen molar-refractivity contribution in [3.63, 3.8) is 0 Å². The normalized spacial score (nSPS) is 12.1. The monoisotopic (exact) mass is 1040 g/mol. The van der Waals surface area contributed by atoms with Crippen LogP contribution in [0.5, 0.6) is 0 Å². The standard InChI is InChI=1S/C62H92O6P.BrH/c1-3-5-7-9-11-13-15-17-19-21-23-25-27-29-40-50-60(63)66-54-56(68-62(65)52-41-30-28-26-24-22-20-18-16-14-12-10-8-6-4-2)55-67-61(64)51-42-43-53-69(57-44-34-31-35-45-57,58-46-36-32-37-47-58)59-48-38-33-39-49-59;/h12,14,17-20,31-39,44-49,56H,3-11,13,15-16,21-30,40-43,50-55H2,1-2H3;1H/q+1;/p-1/b14-12-,19-17-,20-18-;. The Morgan fingerprint density at radius 3 is 1.17 bits per heavy atom. The fraction of sp³-hybridized carbons (Fsp3) is 0.565. The van der Waals surface area contributed by atoms with Crippen molar-refractivity contribution in [2.24, 2.45) is 0 Å². The number of rotatable bonds is 42. The van der Waals surface area contributed by atoms with Crippen molar-refractivity contribution in [2.75, 3.05) is 19.4 Å². The van der Waals surface area contributed by atoms with Gasteiger partial charge in [0.25, 0.3) is 0 Å². The number of benzene rings is 3. The van der Waals surface area contributed by atoms with Crippen molar-refractivity contribution in [3.05, 3.63) is 127 Å². The average molecular weight is 1040 g/mol. The summed E-state index contributed by atoms with van der Waals surface area (Å²) in [6, 6.07) is 32.3. The van der Waals surface area contributed by atoms with Gasteiger partial charge in [-0.1, -0.05) is 188 Å². The van der Waals surface area contributed by atoms with Crippen molar-refractivity contribution < 1.29 is 45.6 Å². The van der Waals surface area contributed by atoms with Gasteiger partial charge in [-0.15, -0.1) is 0 Å². The molecule has 0 aliphatic heterocycles. The number of carbonyl (C=O) groups excluding carboxylic acids is 3. The zero-order chi connectivity index (χ0) is 49.1. The smallest absolute Gasteiger partial charge is 0.306 e. The number of hydrogen-bond donors (Lipinski definition) is 0. The van der Waals surface area contributed by atoms with Gasteiger partial charge in [-0.25, -0.2) is 0 Å². The number of esters is 3. The minimum Gasteiger partial charge on any atom is -1.00 e. The van der Waals surface area contributed by atoms with Gasteiger partial charge in [-0.05, 0) is 120 Å². The van der Waals surface area contributed by atoms with Crippen LogP contribution in [-0.2, 0) is 28.6 Å².